The summed E-state index contributed by atoms with van der Waals surface area (Å²) in [5.74, 6) is 2.07. The van der Waals surface area contributed by atoms with Crippen molar-refractivity contribution in [2.45, 2.75) is 78.6 Å². The van der Waals surface area contributed by atoms with Gasteiger partial charge in [0.15, 0.2) is 17.5 Å². The van der Waals surface area contributed by atoms with Crippen LogP contribution in [0.1, 0.15) is 79.0 Å². The standard InChI is InChI=1S/C33H39N3/c1-31(2,3)25-16-10-22(11-17-25)28-34-29(23-12-18-26(19-13-23)32(4,5)6)36-30(35-28)24-14-20-27(21-15-24)33(7,8)9/h10-21H,1-9H3. The monoisotopic (exact) mass is 477 g/mol. The van der Waals surface area contributed by atoms with Gasteiger partial charge < -0.3 is 0 Å². The summed E-state index contributed by atoms with van der Waals surface area (Å²) in [6.45, 7) is 20.0. The predicted octanol–water partition coefficient (Wildman–Crippen LogP) is 8.77. The van der Waals surface area contributed by atoms with Crippen molar-refractivity contribution in [1.82, 2.24) is 15.0 Å². The molecule has 1 heterocycles. The minimum absolute atomic E-state index is 0.0948. The van der Waals surface area contributed by atoms with Crippen molar-refractivity contribution in [3.05, 3.63) is 89.5 Å². The van der Waals surface area contributed by atoms with Gasteiger partial charge in [-0.25, -0.2) is 15.0 Å². The number of nitrogens with zero attached hydrogens (tertiary/aromatic N) is 3. The molecule has 0 aliphatic heterocycles. The molecule has 0 saturated carbocycles. The summed E-state index contributed by atoms with van der Waals surface area (Å²) in [4.78, 5) is 14.8. The van der Waals surface area contributed by atoms with Gasteiger partial charge in [-0.3, -0.25) is 0 Å². The number of hydrogen-bond donors (Lipinski definition) is 0. The molecule has 0 amide bonds. The highest BCUT2D eigenvalue weighted by molar-refractivity contribution is 5.67. The molecule has 0 atom stereocenters. The molecule has 4 rings (SSSR count). The van der Waals surface area contributed by atoms with Gasteiger partial charge >= 0.3 is 0 Å². The summed E-state index contributed by atoms with van der Waals surface area (Å²) >= 11 is 0. The summed E-state index contributed by atoms with van der Waals surface area (Å²) in [5.41, 5.74) is 7.12. The maximum absolute atomic E-state index is 4.92. The van der Waals surface area contributed by atoms with E-state index in [0.29, 0.717) is 17.5 Å². The van der Waals surface area contributed by atoms with Gasteiger partial charge in [0, 0.05) is 16.7 Å². The van der Waals surface area contributed by atoms with Gasteiger partial charge in [-0.15, -0.1) is 0 Å². The zero-order chi connectivity index (χ0) is 26.3. The van der Waals surface area contributed by atoms with Gasteiger partial charge in [-0.1, -0.05) is 135 Å². The molecule has 0 unspecified atom stereocenters. The fraction of sp³-hybridized carbons (Fsp3) is 0.364. The second kappa shape index (κ2) is 9.28. The molecule has 0 N–H and O–H groups in total. The molecule has 1 aromatic heterocycles. The van der Waals surface area contributed by atoms with Crippen LogP contribution in [0.5, 0.6) is 0 Å². The molecule has 0 bridgehead atoms. The summed E-state index contributed by atoms with van der Waals surface area (Å²) in [7, 11) is 0. The van der Waals surface area contributed by atoms with Crippen LogP contribution < -0.4 is 0 Å². The molecule has 3 heteroatoms. The zero-order valence-electron chi connectivity index (χ0n) is 23.3. The number of aromatic nitrogens is 3. The predicted molar refractivity (Wildman–Crippen MR) is 152 cm³/mol. The molecule has 0 fully saturated rings. The van der Waals surface area contributed by atoms with Crippen LogP contribution in [0.25, 0.3) is 34.2 Å². The first-order valence-electron chi connectivity index (χ1n) is 12.8. The smallest absolute Gasteiger partial charge is 0.164 e. The van der Waals surface area contributed by atoms with Gasteiger partial charge in [-0.05, 0) is 32.9 Å². The lowest BCUT2D eigenvalue weighted by atomic mass is 9.86. The summed E-state index contributed by atoms with van der Waals surface area (Å²) < 4.78 is 0. The number of rotatable bonds is 3. The van der Waals surface area contributed by atoms with E-state index in [1.54, 1.807) is 0 Å². The molecule has 0 radical (unpaired) electrons. The highest BCUT2D eigenvalue weighted by Gasteiger charge is 2.18. The van der Waals surface area contributed by atoms with E-state index in [9.17, 15) is 0 Å². The second-order valence-electron chi connectivity index (χ2n) is 12.8. The highest BCUT2D eigenvalue weighted by atomic mass is 15.0. The lowest BCUT2D eigenvalue weighted by Crippen LogP contribution is -2.11. The Labute approximate surface area is 217 Å². The Balaban J connectivity index is 1.82. The molecule has 0 aliphatic rings. The molecular formula is C33H39N3. The van der Waals surface area contributed by atoms with Crippen molar-refractivity contribution in [2.75, 3.05) is 0 Å². The first-order valence-corrected chi connectivity index (χ1v) is 12.8. The first kappa shape index (κ1) is 25.8. The van der Waals surface area contributed by atoms with Crippen molar-refractivity contribution < 1.29 is 0 Å². The average molecular weight is 478 g/mol. The van der Waals surface area contributed by atoms with Crippen LogP contribution in [0.15, 0.2) is 72.8 Å². The maximum atomic E-state index is 4.92. The summed E-state index contributed by atoms with van der Waals surface area (Å²) in [6.07, 6.45) is 0. The minimum atomic E-state index is 0.0948. The maximum Gasteiger partial charge on any atom is 0.164 e. The van der Waals surface area contributed by atoms with Gasteiger partial charge in [-0.2, -0.15) is 0 Å². The molecule has 0 spiro atoms. The molecule has 0 aliphatic carbocycles. The van der Waals surface area contributed by atoms with E-state index >= 15 is 0 Å². The fourth-order valence-corrected chi connectivity index (χ4v) is 4.12. The van der Waals surface area contributed by atoms with Crippen LogP contribution in [-0.4, -0.2) is 15.0 Å². The highest BCUT2D eigenvalue weighted by Crippen LogP contribution is 2.30. The van der Waals surface area contributed by atoms with E-state index < -0.39 is 0 Å². The lowest BCUT2D eigenvalue weighted by Gasteiger charge is -2.20. The van der Waals surface area contributed by atoms with E-state index in [4.69, 9.17) is 15.0 Å². The Hall–Kier alpha value is -3.33. The van der Waals surface area contributed by atoms with Crippen molar-refractivity contribution in [3.63, 3.8) is 0 Å². The third kappa shape index (κ3) is 5.73. The van der Waals surface area contributed by atoms with Crippen molar-refractivity contribution in [1.29, 1.82) is 0 Å². The third-order valence-corrected chi connectivity index (χ3v) is 6.66. The summed E-state index contributed by atoms with van der Waals surface area (Å²) in [5, 5.41) is 0. The van der Waals surface area contributed by atoms with Crippen LogP contribution in [-0.2, 0) is 16.2 Å². The Morgan fingerprint density at radius 1 is 0.333 bits per heavy atom. The molecule has 186 valence electrons. The van der Waals surface area contributed by atoms with Crippen molar-refractivity contribution in [3.8, 4) is 34.2 Å². The molecule has 3 nitrogen and oxygen atoms in total. The van der Waals surface area contributed by atoms with Crippen LogP contribution in [0, 0.1) is 0 Å². The fourth-order valence-electron chi connectivity index (χ4n) is 4.12. The molecular weight excluding hydrogens is 438 g/mol. The molecule has 36 heavy (non-hydrogen) atoms. The third-order valence-electron chi connectivity index (χ3n) is 6.66. The molecule has 3 aromatic carbocycles. The van der Waals surface area contributed by atoms with E-state index in [-0.39, 0.29) is 16.2 Å². The first-order chi connectivity index (χ1) is 16.7. The Kier molecular flexibility index (Phi) is 6.64. The van der Waals surface area contributed by atoms with E-state index in [1.807, 2.05) is 0 Å². The largest absolute Gasteiger partial charge is 0.208 e. The van der Waals surface area contributed by atoms with Gasteiger partial charge in [0.2, 0.25) is 0 Å². The second-order valence-corrected chi connectivity index (χ2v) is 12.8. The Morgan fingerprint density at radius 2 is 0.528 bits per heavy atom. The Bertz CT molecular complexity index is 1150. The van der Waals surface area contributed by atoms with Gasteiger partial charge in [0.1, 0.15) is 0 Å². The van der Waals surface area contributed by atoms with E-state index in [0.717, 1.165) is 16.7 Å². The summed E-state index contributed by atoms with van der Waals surface area (Å²) in [6, 6.07) is 25.8. The molecule has 0 saturated heterocycles. The van der Waals surface area contributed by atoms with Crippen LogP contribution in [0.3, 0.4) is 0 Å². The van der Waals surface area contributed by atoms with Crippen molar-refractivity contribution in [2.24, 2.45) is 0 Å². The normalized spacial score (nSPS) is 12.6. The quantitative estimate of drug-likeness (QED) is 0.296. The van der Waals surface area contributed by atoms with E-state index in [2.05, 4.69) is 135 Å². The number of benzene rings is 3. The van der Waals surface area contributed by atoms with Gasteiger partial charge in [0.25, 0.3) is 0 Å². The Morgan fingerprint density at radius 3 is 0.694 bits per heavy atom. The SMILES string of the molecule is CC(C)(C)c1ccc(-c2nc(-c3ccc(C(C)(C)C)cc3)nc(-c3ccc(C(C)(C)C)cc3)n2)cc1. The topological polar surface area (TPSA) is 38.7 Å². The van der Waals surface area contributed by atoms with E-state index in [1.165, 1.54) is 16.7 Å². The number of hydrogen-bond acceptors (Lipinski definition) is 3. The van der Waals surface area contributed by atoms with Crippen LogP contribution in [0.4, 0.5) is 0 Å². The minimum Gasteiger partial charge on any atom is -0.208 e. The average Bonchev–Trinajstić information content (AvgIpc) is 2.82. The van der Waals surface area contributed by atoms with Crippen molar-refractivity contribution >= 4 is 0 Å². The van der Waals surface area contributed by atoms with Crippen LogP contribution >= 0.6 is 0 Å². The molecule has 4 aromatic rings. The van der Waals surface area contributed by atoms with Crippen LogP contribution in [0.2, 0.25) is 0 Å². The lowest BCUT2D eigenvalue weighted by molar-refractivity contribution is 0.590. The zero-order valence-corrected chi connectivity index (χ0v) is 23.3. The van der Waals surface area contributed by atoms with Gasteiger partial charge in [0.05, 0.1) is 0 Å².